The van der Waals surface area contributed by atoms with Crippen molar-refractivity contribution in [2.75, 3.05) is 11.9 Å². The second-order valence-corrected chi connectivity index (χ2v) is 4.90. The number of esters is 1. The number of hydrogen-bond acceptors (Lipinski definition) is 3. The maximum Gasteiger partial charge on any atom is 0.328 e. The Bertz CT molecular complexity index is 429. The number of para-hydroxylation sites is 1. The molecule has 0 aliphatic heterocycles. The van der Waals surface area contributed by atoms with Crippen LogP contribution in [-0.4, -0.2) is 18.6 Å². The molecule has 20 heavy (non-hydrogen) atoms. The Morgan fingerprint density at radius 2 is 2.15 bits per heavy atom. The van der Waals surface area contributed by atoms with Crippen LogP contribution in [0.5, 0.6) is 0 Å². The number of carbonyl (C=O) groups excluding carboxylic acids is 1. The molecule has 3 nitrogen and oxygen atoms in total. The maximum absolute atomic E-state index is 11.7. The van der Waals surface area contributed by atoms with E-state index in [2.05, 4.69) is 24.9 Å². The van der Waals surface area contributed by atoms with Gasteiger partial charge in [0.2, 0.25) is 0 Å². The Hall–Kier alpha value is -1.77. The highest BCUT2D eigenvalue weighted by molar-refractivity contribution is 5.79. The largest absolute Gasteiger partial charge is 0.460 e. The molecule has 1 aromatic rings. The number of nitrogens with one attached hydrogen (secondary N) is 1. The third-order valence-corrected chi connectivity index (χ3v) is 3.14. The number of anilines is 1. The molecule has 0 unspecified atom stereocenters. The molecule has 3 heteroatoms. The number of carbonyl (C=O) groups is 1. The lowest BCUT2D eigenvalue weighted by molar-refractivity contribution is -0.142. The third-order valence-electron chi connectivity index (χ3n) is 3.14. The second kappa shape index (κ2) is 9.18. The van der Waals surface area contributed by atoms with Gasteiger partial charge < -0.3 is 10.1 Å². The first-order valence-electron chi connectivity index (χ1n) is 7.31. The number of benzene rings is 1. The summed E-state index contributed by atoms with van der Waals surface area (Å²) >= 11 is 0. The minimum atomic E-state index is -0.359. The van der Waals surface area contributed by atoms with Crippen LogP contribution in [0.25, 0.3) is 0 Å². The van der Waals surface area contributed by atoms with Crippen molar-refractivity contribution in [3.63, 3.8) is 0 Å². The van der Waals surface area contributed by atoms with Crippen molar-refractivity contribution < 1.29 is 9.53 Å². The number of rotatable bonds is 9. The second-order valence-electron chi connectivity index (χ2n) is 4.90. The molecular formula is C17H25NO2. The molecule has 1 atom stereocenters. The SMILES string of the molecule is C=CCOC(=O)[C@H](C)Nc1ccccc1CCCCC. The molecule has 0 fully saturated rings. The quantitative estimate of drug-likeness (QED) is 0.421. The molecule has 0 saturated heterocycles. The van der Waals surface area contributed by atoms with E-state index >= 15 is 0 Å². The molecule has 0 saturated carbocycles. The third kappa shape index (κ3) is 5.47. The number of hydrogen-bond donors (Lipinski definition) is 1. The van der Waals surface area contributed by atoms with Gasteiger partial charge in [0.1, 0.15) is 12.6 Å². The zero-order chi connectivity index (χ0) is 14.8. The molecule has 0 bridgehead atoms. The van der Waals surface area contributed by atoms with Gasteiger partial charge in [0.25, 0.3) is 0 Å². The summed E-state index contributed by atoms with van der Waals surface area (Å²) < 4.78 is 5.04. The minimum absolute atomic E-state index is 0.253. The number of ether oxygens (including phenoxy) is 1. The van der Waals surface area contributed by atoms with Crippen LogP contribution in [0.4, 0.5) is 5.69 Å². The van der Waals surface area contributed by atoms with E-state index in [4.69, 9.17) is 4.74 Å². The van der Waals surface area contributed by atoms with Gasteiger partial charge in [0, 0.05) is 5.69 Å². The highest BCUT2D eigenvalue weighted by Crippen LogP contribution is 2.19. The van der Waals surface area contributed by atoms with E-state index < -0.39 is 0 Å². The van der Waals surface area contributed by atoms with E-state index in [1.165, 1.54) is 24.8 Å². The molecule has 0 spiro atoms. The monoisotopic (exact) mass is 275 g/mol. The summed E-state index contributed by atoms with van der Waals surface area (Å²) in [7, 11) is 0. The fourth-order valence-electron chi connectivity index (χ4n) is 2.00. The van der Waals surface area contributed by atoms with Gasteiger partial charge >= 0.3 is 5.97 Å². The van der Waals surface area contributed by atoms with Crippen molar-refractivity contribution in [3.8, 4) is 0 Å². The van der Waals surface area contributed by atoms with E-state index in [1.807, 2.05) is 25.1 Å². The van der Waals surface area contributed by atoms with Crippen LogP contribution in [0.1, 0.15) is 38.7 Å². The van der Waals surface area contributed by atoms with Crippen molar-refractivity contribution in [2.45, 2.75) is 45.6 Å². The van der Waals surface area contributed by atoms with Crippen molar-refractivity contribution in [1.82, 2.24) is 0 Å². The van der Waals surface area contributed by atoms with Crippen molar-refractivity contribution >= 4 is 11.7 Å². The molecule has 1 aromatic carbocycles. The lowest BCUT2D eigenvalue weighted by Crippen LogP contribution is -2.28. The Kier molecular flexibility index (Phi) is 7.48. The topological polar surface area (TPSA) is 38.3 Å². The van der Waals surface area contributed by atoms with E-state index in [9.17, 15) is 4.79 Å². The maximum atomic E-state index is 11.7. The molecule has 0 amide bonds. The van der Waals surface area contributed by atoms with Crippen LogP contribution in [0.2, 0.25) is 0 Å². The van der Waals surface area contributed by atoms with E-state index in [1.54, 1.807) is 6.08 Å². The number of aryl methyl sites for hydroxylation is 1. The molecular weight excluding hydrogens is 250 g/mol. The van der Waals surface area contributed by atoms with Crippen molar-refractivity contribution in [2.24, 2.45) is 0 Å². The molecule has 0 aromatic heterocycles. The summed E-state index contributed by atoms with van der Waals surface area (Å²) in [4.78, 5) is 11.7. The van der Waals surface area contributed by atoms with Gasteiger partial charge in [-0.15, -0.1) is 0 Å². The first-order valence-corrected chi connectivity index (χ1v) is 7.31. The fourth-order valence-corrected chi connectivity index (χ4v) is 2.00. The first-order chi connectivity index (χ1) is 9.69. The van der Waals surface area contributed by atoms with Crippen LogP contribution in [0.3, 0.4) is 0 Å². The molecule has 0 aliphatic rings. The smallest absolute Gasteiger partial charge is 0.328 e. The van der Waals surface area contributed by atoms with Gasteiger partial charge in [-0.1, -0.05) is 50.6 Å². The highest BCUT2D eigenvalue weighted by Gasteiger charge is 2.14. The molecule has 1 N–H and O–H groups in total. The average molecular weight is 275 g/mol. The molecule has 0 heterocycles. The molecule has 0 radical (unpaired) electrons. The van der Waals surface area contributed by atoms with Crippen LogP contribution in [0.15, 0.2) is 36.9 Å². The summed E-state index contributed by atoms with van der Waals surface area (Å²) in [5.74, 6) is -0.256. The van der Waals surface area contributed by atoms with Crippen LogP contribution >= 0.6 is 0 Å². The minimum Gasteiger partial charge on any atom is -0.460 e. The predicted molar refractivity (Wildman–Crippen MR) is 83.9 cm³/mol. The van der Waals surface area contributed by atoms with Crippen LogP contribution in [-0.2, 0) is 16.0 Å². The van der Waals surface area contributed by atoms with E-state index in [0.29, 0.717) is 0 Å². The van der Waals surface area contributed by atoms with E-state index in [-0.39, 0.29) is 18.6 Å². The van der Waals surface area contributed by atoms with Gasteiger partial charge in [0.15, 0.2) is 0 Å². The zero-order valence-electron chi connectivity index (χ0n) is 12.5. The summed E-state index contributed by atoms with van der Waals surface area (Å²) in [5, 5.41) is 3.24. The summed E-state index contributed by atoms with van der Waals surface area (Å²) in [5.41, 5.74) is 2.27. The number of unbranched alkanes of at least 4 members (excludes halogenated alkanes) is 2. The standard InChI is InChI=1S/C17H25NO2/c1-4-6-7-10-15-11-8-9-12-16(15)18-14(3)17(19)20-13-5-2/h5,8-9,11-12,14,18H,2,4,6-7,10,13H2,1,3H3/t14-/m0/s1. The van der Waals surface area contributed by atoms with Gasteiger partial charge in [-0.2, -0.15) is 0 Å². The summed E-state index contributed by atoms with van der Waals surface area (Å²) in [6, 6.07) is 7.78. The van der Waals surface area contributed by atoms with E-state index in [0.717, 1.165) is 12.1 Å². The van der Waals surface area contributed by atoms with Crippen LogP contribution in [0, 0.1) is 0 Å². The summed E-state index contributed by atoms with van der Waals surface area (Å²) in [6.45, 7) is 7.80. The fraction of sp³-hybridized carbons (Fsp3) is 0.471. The Morgan fingerprint density at radius 1 is 1.40 bits per heavy atom. The highest BCUT2D eigenvalue weighted by atomic mass is 16.5. The van der Waals surface area contributed by atoms with Gasteiger partial charge in [-0.3, -0.25) is 0 Å². The Morgan fingerprint density at radius 3 is 2.85 bits per heavy atom. The predicted octanol–water partition coefficient (Wildman–Crippen LogP) is 3.95. The van der Waals surface area contributed by atoms with Crippen molar-refractivity contribution in [1.29, 1.82) is 0 Å². The first kappa shape index (κ1) is 16.3. The Labute approximate surface area is 122 Å². The summed E-state index contributed by atoms with van der Waals surface area (Å²) in [6.07, 6.45) is 6.21. The molecule has 0 aliphatic carbocycles. The molecule has 1 rings (SSSR count). The normalized spacial score (nSPS) is 11.7. The van der Waals surface area contributed by atoms with Crippen molar-refractivity contribution in [3.05, 3.63) is 42.5 Å². The lowest BCUT2D eigenvalue weighted by Gasteiger charge is -2.17. The molecule has 110 valence electrons. The van der Waals surface area contributed by atoms with Gasteiger partial charge in [-0.25, -0.2) is 4.79 Å². The van der Waals surface area contributed by atoms with Gasteiger partial charge in [-0.05, 0) is 31.4 Å². The van der Waals surface area contributed by atoms with Gasteiger partial charge in [0.05, 0.1) is 0 Å². The van der Waals surface area contributed by atoms with Crippen LogP contribution < -0.4 is 5.32 Å². The lowest BCUT2D eigenvalue weighted by atomic mass is 10.0. The zero-order valence-corrected chi connectivity index (χ0v) is 12.5. The Balaban J connectivity index is 2.61. The average Bonchev–Trinajstić information content (AvgIpc) is 2.46.